The largest absolute Gasteiger partial charge is 0.466 e. The number of rotatable bonds is 4. The van der Waals surface area contributed by atoms with Gasteiger partial charge in [-0.05, 0) is 76.2 Å². The fraction of sp³-hybridized carbons (Fsp3) is 0.667. The molecular formula is C21H29F3N2O2. The van der Waals surface area contributed by atoms with Gasteiger partial charge in [-0.25, -0.2) is 0 Å². The van der Waals surface area contributed by atoms with Crippen molar-refractivity contribution >= 4 is 11.7 Å². The molecule has 2 aliphatic heterocycles. The van der Waals surface area contributed by atoms with E-state index in [1.807, 2.05) is 11.8 Å². The molecule has 2 heterocycles. The minimum Gasteiger partial charge on any atom is -0.466 e. The van der Waals surface area contributed by atoms with Crippen LogP contribution in [0.15, 0.2) is 18.2 Å². The van der Waals surface area contributed by atoms with Crippen LogP contribution in [0.3, 0.4) is 0 Å². The normalized spacial score (nSPS) is 20.8. The third-order valence-corrected chi connectivity index (χ3v) is 6.11. The average Bonchev–Trinajstić information content (AvgIpc) is 2.68. The zero-order chi connectivity index (χ0) is 20.4. The number of carbonyl (C=O) groups is 1. The quantitative estimate of drug-likeness (QED) is 0.766. The van der Waals surface area contributed by atoms with E-state index in [1.54, 1.807) is 13.0 Å². The van der Waals surface area contributed by atoms with Crippen molar-refractivity contribution in [3.8, 4) is 0 Å². The van der Waals surface area contributed by atoms with Gasteiger partial charge in [-0.2, -0.15) is 13.2 Å². The van der Waals surface area contributed by atoms with Crippen molar-refractivity contribution in [1.82, 2.24) is 5.32 Å². The number of hydrogen-bond donors (Lipinski definition) is 1. The van der Waals surface area contributed by atoms with E-state index in [9.17, 15) is 18.0 Å². The van der Waals surface area contributed by atoms with Crippen molar-refractivity contribution in [1.29, 1.82) is 0 Å². The number of nitrogens with zero attached hydrogens (tertiary/aromatic N) is 1. The molecule has 28 heavy (non-hydrogen) atoms. The fourth-order valence-electron chi connectivity index (χ4n) is 4.22. The maximum Gasteiger partial charge on any atom is 0.416 e. The second-order valence-corrected chi connectivity index (χ2v) is 8.06. The summed E-state index contributed by atoms with van der Waals surface area (Å²) in [6.07, 6.45) is -1.36. The summed E-state index contributed by atoms with van der Waals surface area (Å²) < 4.78 is 45.2. The minimum atomic E-state index is -4.36. The highest BCUT2D eigenvalue weighted by molar-refractivity contribution is 5.77. The highest BCUT2D eigenvalue weighted by Crippen LogP contribution is 2.41. The molecule has 0 spiro atoms. The summed E-state index contributed by atoms with van der Waals surface area (Å²) in [7, 11) is 0. The van der Waals surface area contributed by atoms with Crippen LogP contribution in [-0.2, 0) is 15.7 Å². The SMILES string of the molecule is CCOC(=O)C1(C)CCN(c2cc(C(F)(F)F)ccc2C2CCNCC2)CC1. The van der Waals surface area contributed by atoms with E-state index in [0.29, 0.717) is 38.2 Å². The maximum atomic E-state index is 13.3. The fourth-order valence-corrected chi connectivity index (χ4v) is 4.22. The third-order valence-electron chi connectivity index (χ3n) is 6.11. The molecule has 1 aromatic rings. The molecule has 1 N–H and O–H groups in total. The smallest absolute Gasteiger partial charge is 0.416 e. The first kappa shape index (κ1) is 21.0. The second kappa shape index (κ2) is 8.31. The highest BCUT2D eigenvalue weighted by Gasteiger charge is 2.39. The number of halogens is 3. The zero-order valence-electron chi connectivity index (χ0n) is 16.6. The van der Waals surface area contributed by atoms with Crippen LogP contribution in [0.25, 0.3) is 0 Å². The molecule has 2 fully saturated rings. The Labute approximate surface area is 164 Å². The van der Waals surface area contributed by atoms with Gasteiger partial charge in [0.2, 0.25) is 0 Å². The minimum absolute atomic E-state index is 0.211. The molecule has 0 amide bonds. The Hall–Kier alpha value is -1.76. The topological polar surface area (TPSA) is 41.6 Å². The molecule has 0 atom stereocenters. The number of nitrogens with one attached hydrogen (secondary N) is 1. The second-order valence-electron chi connectivity index (χ2n) is 8.06. The van der Waals surface area contributed by atoms with Gasteiger partial charge in [-0.15, -0.1) is 0 Å². The lowest BCUT2D eigenvalue weighted by molar-refractivity contribution is -0.155. The van der Waals surface area contributed by atoms with Crippen molar-refractivity contribution in [2.45, 2.75) is 51.6 Å². The summed E-state index contributed by atoms with van der Waals surface area (Å²) in [5.41, 5.74) is 0.490. The number of hydrogen-bond acceptors (Lipinski definition) is 4. The zero-order valence-corrected chi connectivity index (χ0v) is 16.6. The Morgan fingerprint density at radius 1 is 1.25 bits per heavy atom. The van der Waals surface area contributed by atoms with Crippen LogP contribution in [0.4, 0.5) is 18.9 Å². The van der Waals surface area contributed by atoms with Gasteiger partial charge in [-0.3, -0.25) is 4.79 Å². The van der Waals surface area contributed by atoms with Gasteiger partial charge in [0.05, 0.1) is 17.6 Å². The predicted molar refractivity (Wildman–Crippen MR) is 102 cm³/mol. The molecule has 0 radical (unpaired) electrons. The molecule has 7 heteroatoms. The van der Waals surface area contributed by atoms with Crippen LogP contribution in [0, 0.1) is 5.41 Å². The monoisotopic (exact) mass is 398 g/mol. The number of esters is 1. The summed E-state index contributed by atoms with van der Waals surface area (Å²) in [6.45, 7) is 6.87. The Bertz CT molecular complexity index is 691. The number of anilines is 1. The molecule has 156 valence electrons. The molecular weight excluding hydrogens is 369 g/mol. The predicted octanol–water partition coefficient (Wildman–Crippen LogP) is 4.34. The van der Waals surface area contributed by atoms with Crippen molar-refractivity contribution in [2.24, 2.45) is 5.41 Å². The van der Waals surface area contributed by atoms with Crippen LogP contribution in [-0.4, -0.2) is 38.8 Å². The van der Waals surface area contributed by atoms with Crippen LogP contribution in [0.1, 0.15) is 56.6 Å². The average molecular weight is 398 g/mol. The Morgan fingerprint density at radius 2 is 1.89 bits per heavy atom. The molecule has 0 unspecified atom stereocenters. The molecule has 0 aromatic heterocycles. The number of ether oxygens (including phenoxy) is 1. The van der Waals surface area contributed by atoms with E-state index in [-0.39, 0.29) is 11.9 Å². The molecule has 2 aliphatic rings. The molecule has 0 saturated carbocycles. The van der Waals surface area contributed by atoms with E-state index in [2.05, 4.69) is 5.32 Å². The molecule has 0 aliphatic carbocycles. The lowest BCUT2D eigenvalue weighted by atomic mass is 9.79. The van der Waals surface area contributed by atoms with E-state index >= 15 is 0 Å². The molecule has 2 saturated heterocycles. The molecule has 3 rings (SSSR count). The van der Waals surface area contributed by atoms with Crippen molar-refractivity contribution in [3.05, 3.63) is 29.3 Å². The van der Waals surface area contributed by atoms with Crippen molar-refractivity contribution in [2.75, 3.05) is 37.7 Å². The van der Waals surface area contributed by atoms with E-state index in [4.69, 9.17) is 4.74 Å². The van der Waals surface area contributed by atoms with Crippen molar-refractivity contribution < 1.29 is 22.7 Å². The van der Waals surface area contributed by atoms with Crippen LogP contribution in [0.5, 0.6) is 0 Å². The number of carbonyl (C=O) groups excluding carboxylic acids is 1. The summed E-state index contributed by atoms with van der Waals surface area (Å²) in [5, 5.41) is 3.31. The van der Waals surface area contributed by atoms with Gasteiger partial charge < -0.3 is 15.0 Å². The number of benzene rings is 1. The molecule has 1 aromatic carbocycles. The summed E-state index contributed by atoms with van der Waals surface area (Å²) in [6, 6.07) is 4.16. The maximum absolute atomic E-state index is 13.3. The first-order chi connectivity index (χ1) is 13.2. The van der Waals surface area contributed by atoms with E-state index in [1.165, 1.54) is 12.1 Å². The van der Waals surface area contributed by atoms with Crippen LogP contribution >= 0.6 is 0 Å². The summed E-state index contributed by atoms with van der Waals surface area (Å²) in [5.74, 6) is 0.0502. The Kier molecular flexibility index (Phi) is 6.22. The summed E-state index contributed by atoms with van der Waals surface area (Å²) in [4.78, 5) is 14.3. The standard InChI is InChI=1S/C21H29F3N2O2/c1-3-28-19(27)20(2)8-12-26(13-9-20)18-14-16(21(22,23)24)4-5-17(18)15-6-10-25-11-7-15/h4-5,14-15,25H,3,6-13H2,1-2H3. The van der Waals surface area contributed by atoms with Crippen LogP contribution < -0.4 is 10.2 Å². The first-order valence-corrected chi connectivity index (χ1v) is 10.1. The van der Waals surface area contributed by atoms with Gasteiger partial charge in [0.15, 0.2) is 0 Å². The van der Waals surface area contributed by atoms with E-state index in [0.717, 1.165) is 31.5 Å². The Balaban J connectivity index is 1.86. The first-order valence-electron chi connectivity index (χ1n) is 10.1. The van der Waals surface area contributed by atoms with Crippen molar-refractivity contribution in [3.63, 3.8) is 0 Å². The van der Waals surface area contributed by atoms with Crippen LogP contribution in [0.2, 0.25) is 0 Å². The van der Waals surface area contributed by atoms with Gasteiger partial charge in [-0.1, -0.05) is 6.07 Å². The van der Waals surface area contributed by atoms with Gasteiger partial charge in [0.25, 0.3) is 0 Å². The summed E-state index contributed by atoms with van der Waals surface area (Å²) >= 11 is 0. The number of alkyl halides is 3. The third kappa shape index (κ3) is 4.45. The Morgan fingerprint density at radius 3 is 2.46 bits per heavy atom. The molecule has 4 nitrogen and oxygen atoms in total. The van der Waals surface area contributed by atoms with Gasteiger partial charge in [0, 0.05) is 18.8 Å². The molecule has 0 bridgehead atoms. The van der Waals surface area contributed by atoms with E-state index < -0.39 is 17.2 Å². The highest BCUT2D eigenvalue weighted by atomic mass is 19.4. The lowest BCUT2D eigenvalue weighted by Gasteiger charge is -2.40. The van der Waals surface area contributed by atoms with Gasteiger partial charge >= 0.3 is 12.1 Å². The number of piperidine rings is 2. The van der Waals surface area contributed by atoms with Gasteiger partial charge in [0.1, 0.15) is 0 Å². The lowest BCUT2D eigenvalue weighted by Crippen LogP contribution is -2.44.